The fourth-order valence-electron chi connectivity index (χ4n) is 5.50. The molecule has 2 aliphatic rings. The van der Waals surface area contributed by atoms with E-state index in [1.807, 2.05) is 18.2 Å². The number of hydrogen-bond donors (Lipinski definition) is 2. The number of hydrogen-bond acceptors (Lipinski definition) is 8. The van der Waals surface area contributed by atoms with E-state index in [0.717, 1.165) is 47.7 Å². The van der Waals surface area contributed by atoms with Gasteiger partial charge < -0.3 is 25.5 Å². The van der Waals surface area contributed by atoms with Crippen LogP contribution in [0.5, 0.6) is 0 Å². The summed E-state index contributed by atoms with van der Waals surface area (Å²) in [5.41, 5.74) is 11.6. The fourth-order valence-corrected chi connectivity index (χ4v) is 5.50. The molecular formula is C29H28F2N6O2. The van der Waals surface area contributed by atoms with Gasteiger partial charge in [0.05, 0.1) is 41.5 Å². The summed E-state index contributed by atoms with van der Waals surface area (Å²) in [6.07, 6.45) is 5.76. The lowest BCUT2D eigenvalue weighted by atomic mass is 9.95. The highest BCUT2D eigenvalue weighted by molar-refractivity contribution is 6.02. The number of nitrogen functional groups attached to an aromatic ring is 1. The zero-order valence-corrected chi connectivity index (χ0v) is 21.4. The number of nitrogens with one attached hydrogen (secondary N) is 1. The van der Waals surface area contributed by atoms with Crippen molar-refractivity contribution in [2.75, 3.05) is 44.0 Å². The van der Waals surface area contributed by atoms with Crippen LogP contribution in [0.15, 0.2) is 60.0 Å². The average molecular weight is 531 g/mol. The maximum Gasteiger partial charge on any atom is 0.126 e. The molecule has 2 atom stereocenters. The number of ether oxygens (including phenoxy) is 1. The molecule has 3 N–H and O–H groups in total. The monoisotopic (exact) mass is 530 g/mol. The lowest BCUT2D eigenvalue weighted by Crippen LogP contribution is -2.57. The van der Waals surface area contributed by atoms with Gasteiger partial charge in [0, 0.05) is 66.2 Å². The largest absolute Gasteiger partial charge is 0.399 e. The van der Waals surface area contributed by atoms with Crippen molar-refractivity contribution in [2.45, 2.75) is 18.6 Å². The number of piperidine rings is 1. The normalized spacial score (nSPS) is 19.4. The Hall–Kier alpha value is -4.15. The maximum absolute atomic E-state index is 14.3. The number of nitrogens with two attached hydrogens (primary N) is 1. The van der Waals surface area contributed by atoms with Gasteiger partial charge in [0.25, 0.3) is 0 Å². The number of fused-ring (bicyclic) bond motifs is 2. The summed E-state index contributed by atoms with van der Waals surface area (Å²) in [6.45, 7) is 2.86. The van der Waals surface area contributed by atoms with Crippen LogP contribution in [0.4, 0.5) is 20.2 Å². The van der Waals surface area contributed by atoms with Crippen molar-refractivity contribution in [2.24, 2.45) is 5.16 Å². The molecule has 4 heterocycles. The molecule has 0 aliphatic carbocycles. The van der Waals surface area contributed by atoms with E-state index >= 15 is 0 Å². The molecule has 6 rings (SSSR count). The van der Waals surface area contributed by atoms with Crippen molar-refractivity contribution in [1.29, 1.82) is 0 Å². The predicted molar refractivity (Wildman–Crippen MR) is 148 cm³/mol. The molecule has 200 valence electrons. The molecule has 0 bridgehead atoms. The summed E-state index contributed by atoms with van der Waals surface area (Å²) in [5, 5.41) is 8.20. The molecule has 0 radical (unpaired) electrons. The first-order valence-corrected chi connectivity index (χ1v) is 12.8. The van der Waals surface area contributed by atoms with Crippen LogP contribution in [0.1, 0.15) is 12.0 Å². The number of halogens is 2. The van der Waals surface area contributed by atoms with Crippen molar-refractivity contribution in [3.05, 3.63) is 72.1 Å². The molecule has 2 fully saturated rings. The van der Waals surface area contributed by atoms with E-state index in [9.17, 15) is 8.78 Å². The van der Waals surface area contributed by atoms with E-state index in [1.54, 1.807) is 18.5 Å². The Morgan fingerprint density at radius 1 is 1.13 bits per heavy atom. The molecule has 39 heavy (non-hydrogen) atoms. The Bertz CT molecular complexity index is 1540. The van der Waals surface area contributed by atoms with E-state index in [0.29, 0.717) is 41.2 Å². The topological polar surface area (TPSA) is 97.9 Å². The second-order valence-corrected chi connectivity index (χ2v) is 9.69. The highest BCUT2D eigenvalue weighted by Crippen LogP contribution is 2.40. The fraction of sp³-hybridized carbons (Fsp3) is 0.276. The van der Waals surface area contributed by atoms with Crippen LogP contribution >= 0.6 is 0 Å². The van der Waals surface area contributed by atoms with Gasteiger partial charge in [0.2, 0.25) is 0 Å². The van der Waals surface area contributed by atoms with Crippen molar-refractivity contribution in [1.82, 2.24) is 15.3 Å². The minimum atomic E-state index is -0.644. The number of morpholine rings is 1. The van der Waals surface area contributed by atoms with Crippen LogP contribution in [0, 0.1) is 11.6 Å². The van der Waals surface area contributed by atoms with Gasteiger partial charge in [-0.05, 0) is 42.3 Å². The van der Waals surface area contributed by atoms with Crippen LogP contribution in [0.3, 0.4) is 0 Å². The van der Waals surface area contributed by atoms with E-state index in [1.165, 1.54) is 25.5 Å². The number of aromatic nitrogens is 2. The highest BCUT2D eigenvalue weighted by atomic mass is 19.1. The van der Waals surface area contributed by atoms with Crippen LogP contribution in [0.25, 0.3) is 33.3 Å². The minimum Gasteiger partial charge on any atom is -0.399 e. The number of rotatable bonds is 5. The van der Waals surface area contributed by atoms with Crippen molar-refractivity contribution in [3.8, 4) is 22.4 Å². The first-order chi connectivity index (χ1) is 19.0. The minimum absolute atomic E-state index is 0.00468. The third-order valence-electron chi connectivity index (χ3n) is 7.32. The Morgan fingerprint density at radius 3 is 2.79 bits per heavy atom. The Balaban J connectivity index is 1.53. The molecule has 0 spiro atoms. The van der Waals surface area contributed by atoms with Crippen LogP contribution in [0.2, 0.25) is 0 Å². The first-order valence-electron chi connectivity index (χ1n) is 12.8. The lowest BCUT2D eigenvalue weighted by molar-refractivity contribution is -0.00896. The van der Waals surface area contributed by atoms with Crippen LogP contribution in [-0.4, -0.2) is 61.7 Å². The molecule has 10 heteroatoms. The van der Waals surface area contributed by atoms with E-state index in [4.69, 9.17) is 15.3 Å². The first kappa shape index (κ1) is 25.1. The molecule has 0 saturated carbocycles. The van der Waals surface area contributed by atoms with E-state index in [-0.39, 0.29) is 12.1 Å². The van der Waals surface area contributed by atoms with Gasteiger partial charge in [-0.2, -0.15) is 0 Å². The molecule has 2 aliphatic heterocycles. The van der Waals surface area contributed by atoms with Gasteiger partial charge in [0.15, 0.2) is 0 Å². The standard InChI is InChI=1S/C29H28F2N6O2/c1-38-36-14-18-4-6-34-28(27(18)32)17-2-3-24-22(12-17)29(37-8-5-25-26(16-37)39-9-7-33-25)23(15-35-24)19-10-20(30)13-21(31)11-19/h2-4,6,10-15,25-26,33H,5,7-9,16,32H2,1H3/b36-14+/t25?,26-/m1/s1. The summed E-state index contributed by atoms with van der Waals surface area (Å²) in [5.74, 6) is -1.29. The molecular weight excluding hydrogens is 502 g/mol. The van der Waals surface area contributed by atoms with Crippen LogP contribution in [-0.2, 0) is 9.57 Å². The summed E-state index contributed by atoms with van der Waals surface area (Å²) in [4.78, 5) is 16.2. The number of nitrogens with zero attached hydrogens (tertiary/aromatic N) is 4. The van der Waals surface area contributed by atoms with Gasteiger partial charge in [-0.25, -0.2) is 8.78 Å². The molecule has 2 aromatic carbocycles. The molecule has 8 nitrogen and oxygen atoms in total. The van der Waals surface area contributed by atoms with Crippen molar-refractivity contribution in [3.63, 3.8) is 0 Å². The number of anilines is 2. The maximum atomic E-state index is 14.3. The van der Waals surface area contributed by atoms with Crippen molar-refractivity contribution < 1.29 is 18.4 Å². The van der Waals surface area contributed by atoms with Gasteiger partial charge in [0.1, 0.15) is 18.7 Å². The smallest absolute Gasteiger partial charge is 0.126 e. The molecule has 2 saturated heterocycles. The third kappa shape index (κ3) is 4.88. The summed E-state index contributed by atoms with van der Waals surface area (Å²) < 4.78 is 34.8. The Morgan fingerprint density at radius 2 is 1.97 bits per heavy atom. The van der Waals surface area contributed by atoms with Crippen molar-refractivity contribution >= 4 is 28.5 Å². The van der Waals surface area contributed by atoms with E-state index in [2.05, 4.69) is 25.3 Å². The highest BCUT2D eigenvalue weighted by Gasteiger charge is 2.33. The summed E-state index contributed by atoms with van der Waals surface area (Å²) >= 11 is 0. The zero-order chi connectivity index (χ0) is 26.9. The van der Waals surface area contributed by atoms with Gasteiger partial charge in [-0.1, -0.05) is 11.2 Å². The molecule has 4 aromatic rings. The predicted octanol–water partition coefficient (Wildman–Crippen LogP) is 4.37. The zero-order valence-electron chi connectivity index (χ0n) is 21.4. The van der Waals surface area contributed by atoms with Gasteiger partial charge >= 0.3 is 0 Å². The van der Waals surface area contributed by atoms with Gasteiger partial charge in [-0.3, -0.25) is 9.97 Å². The Labute approximate surface area is 224 Å². The second-order valence-electron chi connectivity index (χ2n) is 9.69. The quantitative estimate of drug-likeness (QED) is 0.292. The second kappa shape index (κ2) is 10.5. The number of oxime groups is 1. The number of pyridine rings is 2. The third-order valence-corrected chi connectivity index (χ3v) is 7.32. The molecule has 0 amide bonds. The average Bonchev–Trinajstić information content (AvgIpc) is 2.95. The lowest BCUT2D eigenvalue weighted by Gasteiger charge is -2.43. The SMILES string of the molecule is CO/N=C/c1ccnc(-c2ccc3ncc(-c4cc(F)cc(F)c4)c(N4CCC5NCCO[C@@H]5C4)c3c2)c1N. The Kier molecular flexibility index (Phi) is 6.80. The summed E-state index contributed by atoms with van der Waals surface area (Å²) in [7, 11) is 1.46. The van der Waals surface area contributed by atoms with E-state index < -0.39 is 11.6 Å². The summed E-state index contributed by atoms with van der Waals surface area (Å²) in [6, 6.07) is 11.4. The number of benzene rings is 2. The molecule has 1 unspecified atom stereocenters. The van der Waals surface area contributed by atoms with Gasteiger partial charge in [-0.15, -0.1) is 0 Å². The molecule has 2 aromatic heterocycles. The van der Waals surface area contributed by atoms with Crippen LogP contribution < -0.4 is 16.0 Å².